The van der Waals surface area contributed by atoms with Crippen molar-refractivity contribution in [2.24, 2.45) is 5.73 Å². The van der Waals surface area contributed by atoms with E-state index in [4.69, 9.17) is 10.5 Å². The van der Waals surface area contributed by atoms with E-state index in [-0.39, 0.29) is 6.10 Å². The summed E-state index contributed by atoms with van der Waals surface area (Å²) >= 11 is 0. The Balaban J connectivity index is 1.42. The molecule has 1 aliphatic heterocycles. The smallest absolute Gasteiger partial charge is 0.248 e. The van der Waals surface area contributed by atoms with Crippen molar-refractivity contribution in [3.05, 3.63) is 71.8 Å². The van der Waals surface area contributed by atoms with Gasteiger partial charge >= 0.3 is 0 Å². The summed E-state index contributed by atoms with van der Waals surface area (Å²) in [4.78, 5) is 29.1. The average molecular weight is 419 g/mol. The molecule has 0 bridgehead atoms. The van der Waals surface area contributed by atoms with Crippen LogP contribution >= 0.6 is 0 Å². The van der Waals surface area contributed by atoms with Crippen molar-refractivity contribution < 1.29 is 9.53 Å². The van der Waals surface area contributed by atoms with Crippen molar-refractivity contribution in [2.45, 2.75) is 12.6 Å². The number of nitrogens with zero attached hydrogens (tertiary/aromatic N) is 5. The zero-order valence-corrected chi connectivity index (χ0v) is 17.7. The first-order chi connectivity index (χ1) is 15.0. The number of carbonyl (C=O) groups excluding carboxylic acids is 1. The van der Waals surface area contributed by atoms with Crippen molar-refractivity contribution in [3.63, 3.8) is 0 Å². The number of ether oxygens (including phenoxy) is 1. The summed E-state index contributed by atoms with van der Waals surface area (Å²) < 4.78 is 5.98. The molecule has 2 aromatic heterocycles. The Bertz CT molecular complexity index is 1040. The summed E-state index contributed by atoms with van der Waals surface area (Å²) in [5.74, 6) is 0.262. The normalized spacial score (nSPS) is 16.8. The molecule has 3 heterocycles. The second kappa shape index (κ2) is 9.20. The molecule has 0 spiro atoms. The molecule has 4 rings (SSSR count). The highest BCUT2D eigenvalue weighted by Crippen LogP contribution is 2.25. The Hall–Kier alpha value is -3.36. The van der Waals surface area contributed by atoms with Gasteiger partial charge in [0.15, 0.2) is 0 Å². The van der Waals surface area contributed by atoms with Gasteiger partial charge in [0.2, 0.25) is 11.9 Å². The predicted molar refractivity (Wildman–Crippen MR) is 119 cm³/mol. The summed E-state index contributed by atoms with van der Waals surface area (Å²) in [5.41, 5.74) is 9.66. The van der Waals surface area contributed by atoms with Crippen molar-refractivity contribution >= 4 is 11.9 Å². The zero-order valence-electron chi connectivity index (χ0n) is 17.7. The molecule has 0 saturated carbocycles. The number of primary amides is 1. The van der Waals surface area contributed by atoms with Gasteiger partial charge in [0.25, 0.3) is 0 Å². The van der Waals surface area contributed by atoms with Gasteiger partial charge in [-0.05, 0) is 23.8 Å². The number of hydrogen-bond acceptors (Lipinski definition) is 7. The minimum atomic E-state index is -0.441. The molecule has 160 valence electrons. The second-order valence-corrected chi connectivity index (χ2v) is 7.80. The van der Waals surface area contributed by atoms with Crippen LogP contribution < -0.4 is 10.6 Å². The maximum atomic E-state index is 11.4. The lowest BCUT2D eigenvalue weighted by molar-refractivity contribution is -0.0350. The fourth-order valence-corrected chi connectivity index (χ4v) is 3.56. The maximum absolute atomic E-state index is 11.4. The highest BCUT2D eigenvalue weighted by Gasteiger charge is 2.23. The molecule has 1 fully saturated rings. The second-order valence-electron chi connectivity index (χ2n) is 7.80. The Kier molecular flexibility index (Phi) is 6.20. The molecule has 8 nitrogen and oxygen atoms in total. The first-order valence-corrected chi connectivity index (χ1v) is 10.2. The average Bonchev–Trinajstić information content (AvgIpc) is 2.80. The topological polar surface area (TPSA) is 97.5 Å². The van der Waals surface area contributed by atoms with E-state index in [1.54, 1.807) is 12.1 Å². The van der Waals surface area contributed by atoms with E-state index in [0.717, 1.165) is 42.0 Å². The number of nitrogens with two attached hydrogens (primary N) is 1. The molecule has 1 saturated heterocycles. The number of hydrogen-bond donors (Lipinski definition) is 1. The van der Waals surface area contributed by atoms with Gasteiger partial charge in [0.1, 0.15) is 6.10 Å². The summed E-state index contributed by atoms with van der Waals surface area (Å²) in [6.07, 6.45) is 5.47. The number of benzene rings is 1. The highest BCUT2D eigenvalue weighted by atomic mass is 16.5. The number of pyridine rings is 1. The molecular weight excluding hydrogens is 392 g/mol. The summed E-state index contributed by atoms with van der Waals surface area (Å²) in [5, 5.41) is 0. The lowest BCUT2D eigenvalue weighted by Crippen LogP contribution is -2.38. The van der Waals surface area contributed by atoms with Crippen LogP contribution in [0.15, 0.2) is 55.0 Å². The van der Waals surface area contributed by atoms with E-state index < -0.39 is 5.91 Å². The van der Waals surface area contributed by atoms with Crippen LogP contribution in [-0.4, -0.2) is 59.6 Å². The lowest BCUT2D eigenvalue weighted by atomic mass is 10.0. The minimum Gasteiger partial charge on any atom is -0.369 e. The molecule has 2 N–H and O–H groups in total. The third-order valence-electron chi connectivity index (χ3n) is 5.25. The molecule has 1 aromatic carbocycles. The van der Waals surface area contributed by atoms with Gasteiger partial charge in [0, 0.05) is 69.0 Å². The van der Waals surface area contributed by atoms with Gasteiger partial charge in [-0.15, -0.1) is 0 Å². The van der Waals surface area contributed by atoms with Crippen LogP contribution in [0.2, 0.25) is 0 Å². The van der Waals surface area contributed by atoms with Gasteiger partial charge < -0.3 is 15.4 Å². The molecule has 3 aromatic rings. The largest absolute Gasteiger partial charge is 0.369 e. The summed E-state index contributed by atoms with van der Waals surface area (Å²) in [7, 11) is 3.85. The quantitative estimate of drug-likeness (QED) is 0.656. The number of amides is 1. The molecular formula is C23H26N6O2. The number of anilines is 1. The first-order valence-electron chi connectivity index (χ1n) is 10.2. The van der Waals surface area contributed by atoms with E-state index in [0.29, 0.717) is 18.1 Å². The number of carbonyl (C=O) groups is 1. The maximum Gasteiger partial charge on any atom is 0.248 e. The van der Waals surface area contributed by atoms with E-state index in [1.165, 1.54) is 0 Å². The van der Waals surface area contributed by atoms with Gasteiger partial charge in [0.05, 0.1) is 12.3 Å². The van der Waals surface area contributed by atoms with E-state index >= 15 is 0 Å². The monoisotopic (exact) mass is 418 g/mol. The molecule has 8 heteroatoms. The van der Waals surface area contributed by atoms with Crippen LogP contribution in [-0.2, 0) is 11.3 Å². The third kappa shape index (κ3) is 5.04. The predicted octanol–water partition coefficient (Wildman–Crippen LogP) is 2.28. The number of rotatable bonds is 6. The first kappa shape index (κ1) is 20.9. The molecule has 1 aliphatic rings. The van der Waals surface area contributed by atoms with Crippen LogP contribution in [0.25, 0.3) is 11.1 Å². The molecule has 0 radical (unpaired) electrons. The fraction of sp³-hybridized carbons (Fsp3) is 0.304. The molecule has 1 unspecified atom stereocenters. The Morgan fingerprint density at radius 3 is 2.61 bits per heavy atom. The van der Waals surface area contributed by atoms with Crippen molar-refractivity contribution in [1.29, 1.82) is 0 Å². The van der Waals surface area contributed by atoms with Crippen LogP contribution in [0.4, 0.5) is 5.95 Å². The highest BCUT2D eigenvalue weighted by molar-refractivity contribution is 5.94. The van der Waals surface area contributed by atoms with Crippen LogP contribution in [0.3, 0.4) is 0 Å². The van der Waals surface area contributed by atoms with Gasteiger partial charge in [-0.3, -0.25) is 14.7 Å². The van der Waals surface area contributed by atoms with Crippen molar-refractivity contribution in [2.75, 3.05) is 38.7 Å². The Labute approximate surface area is 181 Å². The standard InChI is InChI=1S/C23H26N6O2/c1-28(2)23-26-11-16(12-27-23)14-29-8-9-31-21(15-29)20-7-6-19(13-25-20)17-4-3-5-18(10-17)22(24)30/h3-7,10-13,21H,8-9,14-15H2,1-2H3,(H2,24,30). The molecule has 31 heavy (non-hydrogen) atoms. The van der Waals surface area contributed by atoms with E-state index in [9.17, 15) is 4.79 Å². The van der Waals surface area contributed by atoms with Crippen LogP contribution in [0.1, 0.15) is 27.7 Å². The third-order valence-corrected chi connectivity index (χ3v) is 5.25. The minimum absolute atomic E-state index is 0.0956. The number of morpholine rings is 1. The van der Waals surface area contributed by atoms with Gasteiger partial charge in [-0.25, -0.2) is 9.97 Å². The SMILES string of the molecule is CN(C)c1ncc(CN2CCOC(c3ccc(-c4cccc(C(N)=O)c4)cn3)C2)cn1. The molecule has 0 aliphatic carbocycles. The Morgan fingerprint density at radius 2 is 1.94 bits per heavy atom. The van der Waals surface area contributed by atoms with E-state index in [2.05, 4.69) is 19.9 Å². The zero-order chi connectivity index (χ0) is 21.8. The van der Waals surface area contributed by atoms with Crippen LogP contribution in [0, 0.1) is 0 Å². The van der Waals surface area contributed by atoms with Crippen molar-refractivity contribution in [1.82, 2.24) is 19.9 Å². The fourth-order valence-electron chi connectivity index (χ4n) is 3.56. The van der Waals surface area contributed by atoms with Crippen molar-refractivity contribution in [3.8, 4) is 11.1 Å². The Morgan fingerprint density at radius 1 is 1.13 bits per heavy atom. The summed E-state index contributed by atoms with van der Waals surface area (Å²) in [6, 6.07) is 11.2. The number of aromatic nitrogens is 3. The summed E-state index contributed by atoms with van der Waals surface area (Å²) in [6.45, 7) is 3.01. The lowest BCUT2D eigenvalue weighted by Gasteiger charge is -2.32. The van der Waals surface area contributed by atoms with Gasteiger partial charge in [-0.2, -0.15) is 0 Å². The van der Waals surface area contributed by atoms with Gasteiger partial charge in [-0.1, -0.05) is 18.2 Å². The van der Waals surface area contributed by atoms with E-state index in [1.807, 2.05) is 61.9 Å². The molecule has 1 amide bonds. The van der Waals surface area contributed by atoms with Crippen LogP contribution in [0.5, 0.6) is 0 Å². The molecule has 1 atom stereocenters.